The first kappa shape index (κ1) is 14.8. The van der Waals surface area contributed by atoms with Crippen LogP contribution in [0.5, 0.6) is 0 Å². The first-order chi connectivity index (χ1) is 9.50. The van der Waals surface area contributed by atoms with Crippen LogP contribution < -0.4 is 5.32 Å². The maximum Gasteiger partial charge on any atom is 0.308 e. The number of carbonyl (C=O) groups is 2. The van der Waals surface area contributed by atoms with Gasteiger partial charge >= 0.3 is 5.97 Å². The van der Waals surface area contributed by atoms with Crippen LogP contribution >= 0.6 is 11.6 Å². The average Bonchev–Trinajstić information content (AvgIpc) is 2.42. The fourth-order valence-electron chi connectivity index (χ4n) is 2.52. The van der Waals surface area contributed by atoms with Gasteiger partial charge in [0.2, 0.25) is 0 Å². The Bertz CT molecular complexity index is 535. The summed E-state index contributed by atoms with van der Waals surface area (Å²) in [6.07, 6.45) is 2.85. The molecule has 0 spiro atoms. The van der Waals surface area contributed by atoms with Crippen LogP contribution in [0, 0.1) is 11.7 Å². The molecule has 0 radical (unpaired) electrons. The Morgan fingerprint density at radius 2 is 2.00 bits per heavy atom. The molecule has 6 heteroatoms. The lowest BCUT2D eigenvalue weighted by molar-refractivity contribution is -0.143. The molecule has 20 heavy (non-hydrogen) atoms. The van der Waals surface area contributed by atoms with Crippen LogP contribution in [0.3, 0.4) is 0 Å². The second-order valence-corrected chi connectivity index (χ2v) is 5.29. The normalized spacial score (nSPS) is 22.3. The highest BCUT2D eigenvalue weighted by Gasteiger charge is 2.32. The molecule has 0 heterocycles. The summed E-state index contributed by atoms with van der Waals surface area (Å²) in [4.78, 5) is 23.3. The summed E-state index contributed by atoms with van der Waals surface area (Å²) in [6.45, 7) is 0. The summed E-state index contributed by atoms with van der Waals surface area (Å²) >= 11 is 5.75. The Balaban J connectivity index is 2.14. The highest BCUT2D eigenvalue weighted by atomic mass is 35.5. The largest absolute Gasteiger partial charge is 0.481 e. The molecule has 1 aromatic carbocycles. The Labute approximate surface area is 120 Å². The van der Waals surface area contributed by atoms with Gasteiger partial charge in [0.25, 0.3) is 5.91 Å². The lowest BCUT2D eigenvalue weighted by Crippen LogP contribution is -2.45. The summed E-state index contributed by atoms with van der Waals surface area (Å²) in [5, 5.41) is 11.6. The monoisotopic (exact) mass is 299 g/mol. The number of carboxylic acid groups (broad SMARTS) is 1. The third-order valence-corrected chi connectivity index (χ3v) is 3.98. The number of rotatable bonds is 3. The van der Waals surface area contributed by atoms with Crippen molar-refractivity contribution in [2.45, 2.75) is 31.7 Å². The third-order valence-electron chi connectivity index (χ3n) is 3.60. The predicted octanol–water partition coefficient (Wildman–Crippen LogP) is 2.85. The van der Waals surface area contributed by atoms with Crippen LogP contribution in [0.25, 0.3) is 0 Å². The van der Waals surface area contributed by atoms with Crippen LogP contribution in [0.1, 0.15) is 36.0 Å². The van der Waals surface area contributed by atoms with E-state index in [9.17, 15) is 14.0 Å². The SMILES string of the molecule is O=C(NC1CCCCC1C(=O)O)c1cccc(F)c1Cl. The van der Waals surface area contributed by atoms with Crippen LogP contribution in [-0.2, 0) is 4.79 Å². The molecule has 0 bridgehead atoms. The van der Waals surface area contributed by atoms with Crippen molar-refractivity contribution in [3.05, 3.63) is 34.6 Å². The van der Waals surface area contributed by atoms with E-state index in [2.05, 4.69) is 5.32 Å². The van der Waals surface area contributed by atoms with Gasteiger partial charge in [-0.05, 0) is 25.0 Å². The molecule has 1 aliphatic carbocycles. The number of aliphatic carboxylic acids is 1. The summed E-state index contributed by atoms with van der Waals surface area (Å²) in [7, 11) is 0. The zero-order chi connectivity index (χ0) is 14.7. The van der Waals surface area contributed by atoms with Gasteiger partial charge in [0, 0.05) is 6.04 Å². The minimum Gasteiger partial charge on any atom is -0.481 e. The number of carbonyl (C=O) groups excluding carboxylic acids is 1. The lowest BCUT2D eigenvalue weighted by Gasteiger charge is -2.29. The van der Waals surface area contributed by atoms with E-state index < -0.39 is 29.7 Å². The van der Waals surface area contributed by atoms with Gasteiger partial charge in [-0.2, -0.15) is 0 Å². The van der Waals surface area contributed by atoms with Crippen molar-refractivity contribution < 1.29 is 19.1 Å². The van der Waals surface area contributed by atoms with E-state index in [1.807, 2.05) is 0 Å². The van der Waals surface area contributed by atoms with Gasteiger partial charge in [-0.25, -0.2) is 4.39 Å². The van der Waals surface area contributed by atoms with Crippen LogP contribution in [0.4, 0.5) is 4.39 Å². The summed E-state index contributed by atoms with van der Waals surface area (Å²) < 4.78 is 13.3. The fourth-order valence-corrected chi connectivity index (χ4v) is 2.74. The molecule has 1 saturated carbocycles. The van der Waals surface area contributed by atoms with Gasteiger partial charge in [0.15, 0.2) is 0 Å². The zero-order valence-electron chi connectivity index (χ0n) is 10.7. The molecule has 1 amide bonds. The highest BCUT2D eigenvalue weighted by Crippen LogP contribution is 2.26. The first-order valence-electron chi connectivity index (χ1n) is 6.48. The molecule has 2 N–H and O–H groups in total. The second-order valence-electron chi connectivity index (χ2n) is 4.91. The van der Waals surface area contributed by atoms with E-state index in [1.165, 1.54) is 18.2 Å². The predicted molar refractivity (Wildman–Crippen MR) is 72.3 cm³/mol. The van der Waals surface area contributed by atoms with E-state index in [0.29, 0.717) is 12.8 Å². The minimum atomic E-state index is -0.916. The van der Waals surface area contributed by atoms with Crippen molar-refractivity contribution in [2.24, 2.45) is 5.92 Å². The van der Waals surface area contributed by atoms with E-state index in [0.717, 1.165) is 12.8 Å². The van der Waals surface area contributed by atoms with Crippen molar-refractivity contribution in [1.82, 2.24) is 5.32 Å². The molecule has 2 unspecified atom stereocenters. The summed E-state index contributed by atoms with van der Waals surface area (Å²) in [6, 6.07) is 3.54. The van der Waals surface area contributed by atoms with E-state index in [4.69, 9.17) is 16.7 Å². The molecule has 4 nitrogen and oxygen atoms in total. The molecule has 1 aromatic rings. The molecular formula is C14H15ClFNO3. The van der Waals surface area contributed by atoms with Crippen LogP contribution in [-0.4, -0.2) is 23.0 Å². The maximum absolute atomic E-state index is 13.3. The number of nitrogens with one attached hydrogen (secondary N) is 1. The van der Waals surface area contributed by atoms with Gasteiger partial charge in [-0.3, -0.25) is 9.59 Å². The third kappa shape index (κ3) is 3.10. The van der Waals surface area contributed by atoms with Crippen molar-refractivity contribution >= 4 is 23.5 Å². The summed E-state index contributed by atoms with van der Waals surface area (Å²) in [5.74, 6) is -2.72. The molecular weight excluding hydrogens is 285 g/mol. The average molecular weight is 300 g/mol. The van der Waals surface area contributed by atoms with Crippen molar-refractivity contribution in [1.29, 1.82) is 0 Å². The molecule has 0 aliphatic heterocycles. The van der Waals surface area contributed by atoms with Gasteiger partial charge < -0.3 is 10.4 Å². The molecule has 108 valence electrons. The van der Waals surface area contributed by atoms with Crippen LogP contribution in [0.15, 0.2) is 18.2 Å². The van der Waals surface area contributed by atoms with E-state index in [-0.39, 0.29) is 10.6 Å². The van der Waals surface area contributed by atoms with Gasteiger partial charge in [-0.1, -0.05) is 30.5 Å². The molecule has 0 saturated heterocycles. The van der Waals surface area contributed by atoms with Crippen molar-refractivity contribution in [2.75, 3.05) is 0 Å². The quantitative estimate of drug-likeness (QED) is 0.902. The number of hydrogen-bond donors (Lipinski definition) is 2. The first-order valence-corrected chi connectivity index (χ1v) is 6.86. The number of benzene rings is 1. The summed E-state index contributed by atoms with van der Waals surface area (Å²) in [5.41, 5.74) is 0.0291. The molecule has 2 atom stereocenters. The Hall–Kier alpha value is -1.62. The maximum atomic E-state index is 13.3. The van der Waals surface area contributed by atoms with Crippen molar-refractivity contribution in [3.8, 4) is 0 Å². The number of hydrogen-bond acceptors (Lipinski definition) is 2. The highest BCUT2D eigenvalue weighted by molar-refractivity contribution is 6.34. The number of halogens is 2. The Morgan fingerprint density at radius 3 is 2.70 bits per heavy atom. The Kier molecular flexibility index (Phi) is 4.60. The number of carboxylic acids is 1. The Morgan fingerprint density at radius 1 is 1.30 bits per heavy atom. The smallest absolute Gasteiger partial charge is 0.308 e. The molecule has 1 fully saturated rings. The van der Waals surface area contributed by atoms with E-state index >= 15 is 0 Å². The minimum absolute atomic E-state index is 0.0291. The zero-order valence-corrected chi connectivity index (χ0v) is 11.5. The molecule has 0 aromatic heterocycles. The van der Waals surface area contributed by atoms with Crippen LogP contribution in [0.2, 0.25) is 5.02 Å². The number of amides is 1. The molecule has 2 rings (SSSR count). The second kappa shape index (κ2) is 6.22. The molecule has 1 aliphatic rings. The van der Waals surface area contributed by atoms with E-state index in [1.54, 1.807) is 0 Å². The fraction of sp³-hybridized carbons (Fsp3) is 0.429. The van der Waals surface area contributed by atoms with Gasteiger partial charge in [0.05, 0.1) is 16.5 Å². The standard InChI is InChI=1S/C14H15ClFNO3/c15-12-9(5-3-6-10(12)16)13(18)17-11-7-2-1-4-8(11)14(19)20/h3,5-6,8,11H,1-2,4,7H2,(H,17,18)(H,19,20). The van der Waals surface area contributed by atoms with Crippen molar-refractivity contribution in [3.63, 3.8) is 0 Å². The topological polar surface area (TPSA) is 66.4 Å². The van der Waals surface area contributed by atoms with Gasteiger partial charge in [-0.15, -0.1) is 0 Å². The lowest BCUT2D eigenvalue weighted by atomic mass is 9.84. The van der Waals surface area contributed by atoms with Gasteiger partial charge in [0.1, 0.15) is 5.82 Å².